The minimum Gasteiger partial charge on any atom is -0.506 e. The topological polar surface area (TPSA) is 96.3 Å². The fourth-order valence-corrected chi connectivity index (χ4v) is 1.48. The van der Waals surface area contributed by atoms with Crippen molar-refractivity contribution in [2.75, 3.05) is 6.61 Å². The lowest BCUT2D eigenvalue weighted by Crippen LogP contribution is -2.08. The highest BCUT2D eigenvalue weighted by Gasteiger charge is 2.11. The Morgan fingerprint density at radius 1 is 1.59 bits per heavy atom. The molecule has 0 aliphatic heterocycles. The summed E-state index contributed by atoms with van der Waals surface area (Å²) in [6, 6.07) is 4.93. The first-order valence-corrected chi connectivity index (χ1v) is 5.22. The summed E-state index contributed by atoms with van der Waals surface area (Å²) in [7, 11) is 0. The second kappa shape index (κ2) is 5.87. The number of rotatable bonds is 4. The van der Waals surface area contributed by atoms with Gasteiger partial charge in [-0.25, -0.2) is 0 Å². The second-order valence-corrected chi connectivity index (χ2v) is 3.45. The van der Waals surface area contributed by atoms with Crippen LogP contribution in [-0.4, -0.2) is 17.7 Å². The zero-order valence-electron chi connectivity index (χ0n) is 9.56. The Kier molecular flexibility index (Phi) is 4.49. The molecule has 1 aromatic rings. The van der Waals surface area contributed by atoms with E-state index in [0.717, 1.165) is 0 Å². The first-order valence-electron chi connectivity index (χ1n) is 5.22. The minimum atomic E-state index is -0.370. The fourth-order valence-electron chi connectivity index (χ4n) is 1.48. The van der Waals surface area contributed by atoms with E-state index in [1.165, 1.54) is 6.07 Å². The molecule has 0 aromatic heterocycles. The Morgan fingerprint density at radius 2 is 2.29 bits per heavy atom. The summed E-state index contributed by atoms with van der Waals surface area (Å²) in [5, 5.41) is 18.5. The number of phenols is 1. The molecule has 1 aromatic carbocycles. The zero-order valence-corrected chi connectivity index (χ0v) is 9.56. The van der Waals surface area contributed by atoms with Crippen LogP contribution in [0.3, 0.4) is 0 Å². The van der Waals surface area contributed by atoms with Gasteiger partial charge < -0.3 is 15.6 Å². The first kappa shape index (κ1) is 13.0. The third kappa shape index (κ3) is 3.20. The quantitative estimate of drug-likeness (QED) is 0.752. The zero-order chi connectivity index (χ0) is 12.8. The van der Waals surface area contributed by atoms with E-state index in [9.17, 15) is 9.90 Å². The van der Waals surface area contributed by atoms with E-state index in [0.29, 0.717) is 17.7 Å². The van der Waals surface area contributed by atoms with Crippen molar-refractivity contribution in [1.29, 1.82) is 5.26 Å². The van der Waals surface area contributed by atoms with Crippen molar-refractivity contribution in [3.63, 3.8) is 0 Å². The highest BCUT2D eigenvalue weighted by molar-refractivity contribution is 5.73. The van der Waals surface area contributed by atoms with Crippen LogP contribution in [0, 0.1) is 11.3 Å². The van der Waals surface area contributed by atoms with Crippen molar-refractivity contribution < 1.29 is 14.6 Å². The highest BCUT2D eigenvalue weighted by Crippen LogP contribution is 2.24. The summed E-state index contributed by atoms with van der Waals surface area (Å²) in [4.78, 5) is 11.3. The van der Waals surface area contributed by atoms with Crippen molar-refractivity contribution in [3.8, 4) is 11.8 Å². The van der Waals surface area contributed by atoms with Crippen LogP contribution >= 0.6 is 0 Å². The molecule has 0 atom stereocenters. The van der Waals surface area contributed by atoms with Gasteiger partial charge >= 0.3 is 5.97 Å². The molecule has 0 bridgehead atoms. The van der Waals surface area contributed by atoms with Gasteiger partial charge in [-0.15, -0.1) is 0 Å². The number of phenolic OH excluding ortho intramolecular Hbond substituents is 1. The van der Waals surface area contributed by atoms with E-state index >= 15 is 0 Å². The van der Waals surface area contributed by atoms with Gasteiger partial charge in [0.05, 0.1) is 18.6 Å². The van der Waals surface area contributed by atoms with Crippen molar-refractivity contribution in [2.45, 2.75) is 19.9 Å². The summed E-state index contributed by atoms with van der Waals surface area (Å²) in [6.45, 7) is 2.14. The predicted octanol–water partition coefficient (Wildman–Crippen LogP) is 0.828. The number of benzene rings is 1. The summed E-state index contributed by atoms with van der Waals surface area (Å²) in [5.41, 5.74) is 6.62. The molecule has 0 saturated heterocycles. The summed E-state index contributed by atoms with van der Waals surface area (Å²) in [6.07, 6.45) is 0.0653. The lowest BCUT2D eigenvalue weighted by Gasteiger charge is -2.07. The average molecular weight is 234 g/mol. The number of esters is 1. The van der Waals surface area contributed by atoms with Crippen LogP contribution in [0.15, 0.2) is 12.1 Å². The van der Waals surface area contributed by atoms with Crippen LogP contribution in [0.1, 0.15) is 23.6 Å². The number of nitriles is 1. The van der Waals surface area contributed by atoms with Crippen molar-refractivity contribution in [1.82, 2.24) is 0 Å². The van der Waals surface area contributed by atoms with E-state index in [4.69, 9.17) is 15.7 Å². The molecule has 0 fully saturated rings. The largest absolute Gasteiger partial charge is 0.506 e. The van der Waals surface area contributed by atoms with Gasteiger partial charge in [-0.1, -0.05) is 6.07 Å². The van der Waals surface area contributed by atoms with Gasteiger partial charge in [0.2, 0.25) is 0 Å². The minimum absolute atomic E-state index is 0.0653. The van der Waals surface area contributed by atoms with Crippen LogP contribution in [0.2, 0.25) is 0 Å². The van der Waals surface area contributed by atoms with Gasteiger partial charge in [-0.05, 0) is 18.6 Å². The molecule has 0 spiro atoms. The molecule has 0 aliphatic carbocycles. The smallest absolute Gasteiger partial charge is 0.310 e. The summed E-state index contributed by atoms with van der Waals surface area (Å²) in [5.74, 6) is -0.493. The lowest BCUT2D eigenvalue weighted by molar-refractivity contribution is -0.142. The van der Waals surface area contributed by atoms with Crippen LogP contribution in [0.5, 0.6) is 5.75 Å². The fraction of sp³-hybridized carbons (Fsp3) is 0.333. The molecule has 0 aliphatic rings. The van der Waals surface area contributed by atoms with Crippen molar-refractivity contribution in [3.05, 3.63) is 28.8 Å². The van der Waals surface area contributed by atoms with Crippen molar-refractivity contribution in [2.24, 2.45) is 5.73 Å². The molecule has 90 valence electrons. The standard InChI is InChI=1S/C12H14N2O3/c1-2-17-11(15)5-8-3-9(6-13)12(16)10(4-8)7-14/h3-4,16H,2,5-6,13H2,1H3. The van der Waals surface area contributed by atoms with Crippen LogP contribution in [0.4, 0.5) is 0 Å². The van der Waals surface area contributed by atoms with E-state index in [-0.39, 0.29) is 30.2 Å². The van der Waals surface area contributed by atoms with Crippen LogP contribution < -0.4 is 5.73 Å². The molecule has 0 heterocycles. The van der Waals surface area contributed by atoms with E-state index in [1.54, 1.807) is 13.0 Å². The molecule has 5 nitrogen and oxygen atoms in total. The molecule has 0 radical (unpaired) electrons. The number of hydrogen-bond donors (Lipinski definition) is 2. The lowest BCUT2D eigenvalue weighted by atomic mass is 10.0. The summed E-state index contributed by atoms with van der Waals surface area (Å²) < 4.78 is 4.81. The van der Waals surface area contributed by atoms with E-state index in [1.807, 2.05) is 6.07 Å². The number of hydrogen-bond acceptors (Lipinski definition) is 5. The second-order valence-electron chi connectivity index (χ2n) is 3.45. The molecule has 1 rings (SSSR count). The molecule has 0 unspecified atom stereocenters. The first-order chi connectivity index (χ1) is 8.12. The molecule has 17 heavy (non-hydrogen) atoms. The Morgan fingerprint density at radius 3 is 2.82 bits per heavy atom. The van der Waals surface area contributed by atoms with Gasteiger partial charge in [-0.2, -0.15) is 5.26 Å². The highest BCUT2D eigenvalue weighted by atomic mass is 16.5. The van der Waals surface area contributed by atoms with Gasteiger partial charge in [0.1, 0.15) is 11.8 Å². The number of nitrogens with zero attached hydrogens (tertiary/aromatic N) is 1. The Bertz CT molecular complexity index is 464. The third-order valence-electron chi connectivity index (χ3n) is 2.24. The Hall–Kier alpha value is -2.06. The van der Waals surface area contributed by atoms with E-state index in [2.05, 4.69) is 0 Å². The predicted molar refractivity (Wildman–Crippen MR) is 61.1 cm³/mol. The number of aromatic hydroxyl groups is 1. The molecular weight excluding hydrogens is 220 g/mol. The Labute approximate surface area is 99.4 Å². The maximum atomic E-state index is 11.3. The van der Waals surface area contributed by atoms with Crippen molar-refractivity contribution >= 4 is 5.97 Å². The number of carbonyl (C=O) groups excluding carboxylic acids is 1. The maximum absolute atomic E-state index is 11.3. The van der Waals surface area contributed by atoms with E-state index < -0.39 is 0 Å². The van der Waals surface area contributed by atoms with Gasteiger partial charge in [0.15, 0.2) is 0 Å². The molecular formula is C12H14N2O3. The van der Waals surface area contributed by atoms with Gasteiger partial charge in [-0.3, -0.25) is 4.79 Å². The molecule has 3 N–H and O–H groups in total. The average Bonchev–Trinajstić information content (AvgIpc) is 2.31. The molecule has 5 heteroatoms. The van der Waals surface area contributed by atoms with Crippen LogP contribution in [-0.2, 0) is 22.5 Å². The Balaban J connectivity index is 3.02. The molecule has 0 amide bonds. The SMILES string of the molecule is CCOC(=O)Cc1cc(C#N)c(O)c(CN)c1. The maximum Gasteiger partial charge on any atom is 0.310 e. The number of carbonyl (C=O) groups is 1. The summed E-state index contributed by atoms with van der Waals surface area (Å²) >= 11 is 0. The van der Waals surface area contributed by atoms with Crippen LogP contribution in [0.25, 0.3) is 0 Å². The third-order valence-corrected chi connectivity index (χ3v) is 2.24. The number of nitrogens with two attached hydrogens (primary N) is 1. The van der Waals surface area contributed by atoms with Gasteiger partial charge in [0, 0.05) is 12.1 Å². The van der Waals surface area contributed by atoms with Gasteiger partial charge in [0.25, 0.3) is 0 Å². The normalized spacial score (nSPS) is 9.71. The molecule has 0 saturated carbocycles. The monoisotopic (exact) mass is 234 g/mol. The number of ether oxygens (including phenoxy) is 1.